The second-order valence-corrected chi connectivity index (χ2v) is 5.85. The fourth-order valence-corrected chi connectivity index (χ4v) is 2.45. The maximum absolute atomic E-state index is 12.1. The number of anilines is 2. The first-order valence-corrected chi connectivity index (χ1v) is 8.23. The molecule has 0 radical (unpaired) electrons. The van der Waals surface area contributed by atoms with Crippen molar-refractivity contribution in [3.63, 3.8) is 0 Å². The van der Waals surface area contributed by atoms with Gasteiger partial charge in [0.25, 0.3) is 0 Å². The Labute approximate surface area is 143 Å². The molecule has 0 bridgehead atoms. The first-order chi connectivity index (χ1) is 11.5. The van der Waals surface area contributed by atoms with Crippen molar-refractivity contribution in [2.24, 2.45) is 0 Å². The van der Waals surface area contributed by atoms with Gasteiger partial charge in [-0.3, -0.25) is 9.59 Å². The lowest BCUT2D eigenvalue weighted by molar-refractivity contribution is -0.117. The maximum atomic E-state index is 12.1. The van der Waals surface area contributed by atoms with Crippen molar-refractivity contribution in [3.05, 3.63) is 59.7 Å². The summed E-state index contributed by atoms with van der Waals surface area (Å²) in [4.78, 5) is 25.6. The van der Waals surface area contributed by atoms with Gasteiger partial charge in [-0.15, -0.1) is 0 Å². The van der Waals surface area contributed by atoms with Gasteiger partial charge in [0, 0.05) is 31.3 Å². The molecule has 2 rings (SSSR count). The minimum atomic E-state index is -0.102. The number of carbonyl (C=O) groups excluding carboxylic acids is 2. The standard InChI is InChI=1S/C20H24N2O2/c1-4-17-7-11-19(12-8-17)22(16(3)23)14-13-20(24)21-18-9-5-15(2)6-10-18/h5-12H,4,13-14H2,1-3H3,(H,21,24). The van der Waals surface area contributed by atoms with Crippen LogP contribution in [0.15, 0.2) is 48.5 Å². The van der Waals surface area contributed by atoms with E-state index in [2.05, 4.69) is 12.2 Å². The zero-order valence-electron chi connectivity index (χ0n) is 14.5. The van der Waals surface area contributed by atoms with Crippen LogP contribution in [0.3, 0.4) is 0 Å². The molecule has 2 aromatic carbocycles. The highest BCUT2D eigenvalue weighted by molar-refractivity contribution is 5.94. The SMILES string of the molecule is CCc1ccc(N(CCC(=O)Nc2ccc(C)cc2)C(C)=O)cc1. The van der Waals surface area contributed by atoms with E-state index >= 15 is 0 Å². The maximum Gasteiger partial charge on any atom is 0.226 e. The Bertz CT molecular complexity index is 691. The summed E-state index contributed by atoms with van der Waals surface area (Å²) < 4.78 is 0. The van der Waals surface area contributed by atoms with E-state index in [9.17, 15) is 9.59 Å². The molecule has 0 aliphatic carbocycles. The third kappa shape index (κ3) is 4.95. The zero-order chi connectivity index (χ0) is 17.5. The minimum absolute atomic E-state index is 0.0672. The van der Waals surface area contributed by atoms with E-state index < -0.39 is 0 Å². The zero-order valence-corrected chi connectivity index (χ0v) is 14.5. The summed E-state index contributed by atoms with van der Waals surface area (Å²) >= 11 is 0. The molecule has 1 N–H and O–H groups in total. The largest absolute Gasteiger partial charge is 0.326 e. The van der Waals surface area contributed by atoms with Gasteiger partial charge in [0.05, 0.1) is 0 Å². The van der Waals surface area contributed by atoms with Crippen LogP contribution in [0.5, 0.6) is 0 Å². The van der Waals surface area contributed by atoms with Crippen molar-refractivity contribution in [2.75, 3.05) is 16.8 Å². The van der Waals surface area contributed by atoms with E-state index in [1.807, 2.05) is 55.5 Å². The average Bonchev–Trinajstić information content (AvgIpc) is 2.57. The van der Waals surface area contributed by atoms with Crippen LogP contribution in [-0.2, 0) is 16.0 Å². The van der Waals surface area contributed by atoms with Gasteiger partial charge in [0.1, 0.15) is 0 Å². The molecule has 126 valence electrons. The molecule has 0 unspecified atom stereocenters. The summed E-state index contributed by atoms with van der Waals surface area (Å²) in [6, 6.07) is 15.5. The normalized spacial score (nSPS) is 10.3. The Balaban J connectivity index is 1.96. The van der Waals surface area contributed by atoms with Crippen molar-refractivity contribution < 1.29 is 9.59 Å². The fourth-order valence-electron chi connectivity index (χ4n) is 2.45. The van der Waals surface area contributed by atoms with Crippen LogP contribution in [-0.4, -0.2) is 18.4 Å². The Morgan fingerprint density at radius 3 is 2.17 bits per heavy atom. The van der Waals surface area contributed by atoms with Gasteiger partial charge in [0.2, 0.25) is 11.8 Å². The summed E-state index contributed by atoms with van der Waals surface area (Å²) in [7, 11) is 0. The number of nitrogens with zero attached hydrogens (tertiary/aromatic N) is 1. The lowest BCUT2D eigenvalue weighted by atomic mass is 10.1. The Hall–Kier alpha value is -2.62. The molecule has 0 saturated carbocycles. The predicted octanol–water partition coefficient (Wildman–Crippen LogP) is 3.94. The molecule has 4 nitrogen and oxygen atoms in total. The Morgan fingerprint density at radius 2 is 1.62 bits per heavy atom. The first-order valence-electron chi connectivity index (χ1n) is 8.23. The number of amides is 2. The molecule has 0 aromatic heterocycles. The van der Waals surface area contributed by atoms with E-state index in [-0.39, 0.29) is 18.2 Å². The highest BCUT2D eigenvalue weighted by atomic mass is 16.2. The van der Waals surface area contributed by atoms with Crippen LogP contribution in [0.2, 0.25) is 0 Å². The third-order valence-corrected chi connectivity index (χ3v) is 3.93. The van der Waals surface area contributed by atoms with Crippen LogP contribution in [0.25, 0.3) is 0 Å². The van der Waals surface area contributed by atoms with Gasteiger partial charge in [-0.05, 0) is 43.2 Å². The molecule has 0 aliphatic rings. The first kappa shape index (κ1) is 17.7. The van der Waals surface area contributed by atoms with Gasteiger partial charge >= 0.3 is 0 Å². The molecular formula is C20H24N2O2. The molecule has 0 aliphatic heterocycles. The van der Waals surface area contributed by atoms with Gasteiger partial charge in [-0.25, -0.2) is 0 Å². The van der Waals surface area contributed by atoms with Crippen LogP contribution < -0.4 is 10.2 Å². The lowest BCUT2D eigenvalue weighted by Crippen LogP contribution is -2.31. The van der Waals surface area contributed by atoms with Crippen LogP contribution in [0.4, 0.5) is 11.4 Å². The number of rotatable bonds is 6. The topological polar surface area (TPSA) is 49.4 Å². The summed E-state index contributed by atoms with van der Waals surface area (Å²) in [6.07, 6.45) is 1.21. The van der Waals surface area contributed by atoms with E-state index in [0.29, 0.717) is 6.54 Å². The van der Waals surface area contributed by atoms with Gasteiger partial charge < -0.3 is 10.2 Å². The predicted molar refractivity (Wildman–Crippen MR) is 98.3 cm³/mol. The number of nitrogens with one attached hydrogen (secondary N) is 1. The quantitative estimate of drug-likeness (QED) is 0.875. The van der Waals surface area contributed by atoms with Crippen LogP contribution >= 0.6 is 0 Å². The van der Waals surface area contributed by atoms with E-state index in [1.165, 1.54) is 12.5 Å². The highest BCUT2D eigenvalue weighted by Gasteiger charge is 2.13. The third-order valence-electron chi connectivity index (χ3n) is 3.93. The number of benzene rings is 2. The van der Waals surface area contributed by atoms with Crippen molar-refractivity contribution in [1.82, 2.24) is 0 Å². The summed E-state index contributed by atoms with van der Waals surface area (Å²) in [6.45, 7) is 5.97. The molecule has 0 heterocycles. The second kappa shape index (κ2) is 8.29. The molecule has 0 saturated heterocycles. The van der Waals surface area contributed by atoms with E-state index in [0.717, 1.165) is 23.4 Å². The Kier molecular flexibility index (Phi) is 6.13. The molecule has 2 amide bonds. The van der Waals surface area contributed by atoms with Crippen molar-refractivity contribution in [3.8, 4) is 0 Å². The summed E-state index contributed by atoms with van der Waals surface area (Å²) in [5.41, 5.74) is 3.96. The molecule has 2 aromatic rings. The Morgan fingerprint density at radius 1 is 1.00 bits per heavy atom. The minimum Gasteiger partial charge on any atom is -0.326 e. The second-order valence-electron chi connectivity index (χ2n) is 5.85. The van der Waals surface area contributed by atoms with Gasteiger partial charge in [-0.2, -0.15) is 0 Å². The average molecular weight is 324 g/mol. The highest BCUT2D eigenvalue weighted by Crippen LogP contribution is 2.17. The van der Waals surface area contributed by atoms with Crippen LogP contribution in [0.1, 0.15) is 31.4 Å². The van der Waals surface area contributed by atoms with Crippen LogP contribution in [0, 0.1) is 6.92 Å². The lowest BCUT2D eigenvalue weighted by Gasteiger charge is -2.21. The number of hydrogen-bond acceptors (Lipinski definition) is 2. The monoisotopic (exact) mass is 324 g/mol. The van der Waals surface area contributed by atoms with E-state index in [4.69, 9.17) is 0 Å². The molecule has 0 atom stereocenters. The molecular weight excluding hydrogens is 300 g/mol. The molecule has 0 fully saturated rings. The van der Waals surface area contributed by atoms with E-state index in [1.54, 1.807) is 4.90 Å². The molecule has 24 heavy (non-hydrogen) atoms. The smallest absolute Gasteiger partial charge is 0.226 e. The number of hydrogen-bond donors (Lipinski definition) is 1. The summed E-state index contributed by atoms with van der Waals surface area (Å²) in [5.74, 6) is -0.169. The number of aryl methyl sites for hydroxylation is 2. The van der Waals surface area contributed by atoms with Gasteiger partial charge in [0.15, 0.2) is 0 Å². The molecule has 0 spiro atoms. The number of carbonyl (C=O) groups is 2. The van der Waals surface area contributed by atoms with Crippen molar-refractivity contribution >= 4 is 23.2 Å². The summed E-state index contributed by atoms with van der Waals surface area (Å²) in [5, 5.41) is 2.86. The van der Waals surface area contributed by atoms with Crippen molar-refractivity contribution in [2.45, 2.75) is 33.6 Å². The molecule has 4 heteroatoms. The fraction of sp³-hybridized carbons (Fsp3) is 0.300. The van der Waals surface area contributed by atoms with Crippen molar-refractivity contribution in [1.29, 1.82) is 0 Å². The van der Waals surface area contributed by atoms with Gasteiger partial charge in [-0.1, -0.05) is 36.8 Å².